The summed E-state index contributed by atoms with van der Waals surface area (Å²) in [5.74, 6) is 0.458. The second-order valence-corrected chi connectivity index (χ2v) is 4.33. The lowest BCUT2D eigenvalue weighted by atomic mass is 10.3. The van der Waals surface area contributed by atoms with E-state index in [4.69, 9.17) is 5.73 Å². The summed E-state index contributed by atoms with van der Waals surface area (Å²) < 4.78 is 1.07. The summed E-state index contributed by atoms with van der Waals surface area (Å²) >= 11 is 5.16. The van der Waals surface area contributed by atoms with Crippen molar-refractivity contribution in [2.24, 2.45) is 0 Å². The summed E-state index contributed by atoms with van der Waals surface area (Å²) in [5, 5.41) is 0. The van der Waals surface area contributed by atoms with E-state index >= 15 is 0 Å². The van der Waals surface area contributed by atoms with Crippen LogP contribution in [0, 0.1) is 0 Å². The molecule has 0 amide bonds. The van der Waals surface area contributed by atoms with Gasteiger partial charge in [-0.15, -0.1) is 11.8 Å². The largest absolute Gasteiger partial charge is 0.369 e. The number of H-pyrrole nitrogens is 1. The zero-order valence-electron chi connectivity index (χ0n) is 6.97. The van der Waals surface area contributed by atoms with Crippen molar-refractivity contribution in [3.8, 4) is 0 Å². The zero-order valence-corrected chi connectivity index (χ0v) is 9.37. The maximum Gasteiger partial charge on any atom is 0.198 e. The van der Waals surface area contributed by atoms with Gasteiger partial charge in [0.05, 0.1) is 11.0 Å². The first-order valence-corrected chi connectivity index (χ1v) is 5.71. The minimum Gasteiger partial charge on any atom is -0.369 e. The van der Waals surface area contributed by atoms with Crippen LogP contribution >= 0.6 is 27.7 Å². The molecular formula is C8H8BrN3S. The molecule has 0 fully saturated rings. The van der Waals surface area contributed by atoms with Gasteiger partial charge in [0, 0.05) is 9.37 Å². The van der Waals surface area contributed by atoms with E-state index in [1.54, 1.807) is 11.8 Å². The molecular weight excluding hydrogens is 250 g/mol. The van der Waals surface area contributed by atoms with Crippen molar-refractivity contribution >= 4 is 44.7 Å². The van der Waals surface area contributed by atoms with Crippen LogP contribution in [-0.2, 0) is 0 Å². The molecule has 2 aromatic rings. The van der Waals surface area contributed by atoms with E-state index in [9.17, 15) is 0 Å². The number of nitrogens with zero attached hydrogens (tertiary/aromatic N) is 1. The highest BCUT2D eigenvalue weighted by Crippen LogP contribution is 2.29. The van der Waals surface area contributed by atoms with Crippen LogP contribution < -0.4 is 5.73 Å². The first-order chi connectivity index (χ1) is 6.20. The molecule has 0 unspecified atom stereocenters. The van der Waals surface area contributed by atoms with Crippen molar-refractivity contribution < 1.29 is 0 Å². The SMILES string of the molecule is CSc1cc2nc(N)[nH]c2cc1Br. The highest BCUT2D eigenvalue weighted by Gasteiger charge is 2.04. The van der Waals surface area contributed by atoms with E-state index in [2.05, 4.69) is 25.9 Å². The van der Waals surface area contributed by atoms with Gasteiger partial charge in [0.1, 0.15) is 0 Å². The molecule has 0 aliphatic rings. The van der Waals surface area contributed by atoms with Crippen LogP contribution in [0.2, 0.25) is 0 Å². The number of nitrogens with one attached hydrogen (secondary N) is 1. The number of hydrogen-bond donors (Lipinski definition) is 2. The molecule has 0 atom stereocenters. The molecule has 3 nitrogen and oxygen atoms in total. The van der Waals surface area contributed by atoms with E-state index in [1.807, 2.05) is 18.4 Å². The second kappa shape index (κ2) is 3.23. The number of rotatable bonds is 1. The lowest BCUT2D eigenvalue weighted by Crippen LogP contribution is -1.84. The number of aromatic nitrogens is 2. The molecule has 0 bridgehead atoms. The topological polar surface area (TPSA) is 54.7 Å². The van der Waals surface area contributed by atoms with Crippen LogP contribution in [-0.4, -0.2) is 16.2 Å². The fourth-order valence-corrected chi connectivity index (χ4v) is 2.50. The summed E-state index contributed by atoms with van der Waals surface area (Å²) in [4.78, 5) is 8.29. The average Bonchev–Trinajstić information content (AvgIpc) is 2.42. The number of nitrogens with two attached hydrogens (primary N) is 1. The van der Waals surface area contributed by atoms with Gasteiger partial charge in [0.15, 0.2) is 5.95 Å². The Bertz CT molecular complexity index is 452. The Hall–Kier alpha value is -0.680. The lowest BCUT2D eigenvalue weighted by molar-refractivity contribution is 1.35. The third kappa shape index (κ3) is 1.53. The Morgan fingerprint density at radius 1 is 1.54 bits per heavy atom. The van der Waals surface area contributed by atoms with Crippen molar-refractivity contribution in [3.63, 3.8) is 0 Å². The monoisotopic (exact) mass is 257 g/mol. The molecule has 0 radical (unpaired) electrons. The third-order valence-corrected chi connectivity index (χ3v) is 3.47. The first-order valence-electron chi connectivity index (χ1n) is 3.69. The Morgan fingerprint density at radius 2 is 2.31 bits per heavy atom. The average molecular weight is 258 g/mol. The van der Waals surface area contributed by atoms with Crippen LogP contribution in [0.1, 0.15) is 0 Å². The number of halogens is 1. The summed E-state index contributed by atoms with van der Waals surface area (Å²) in [7, 11) is 0. The molecule has 0 saturated carbocycles. The number of hydrogen-bond acceptors (Lipinski definition) is 3. The minimum atomic E-state index is 0.458. The first kappa shape index (κ1) is 8.90. The summed E-state index contributed by atoms with van der Waals surface area (Å²) in [5.41, 5.74) is 7.41. The Labute approximate surface area is 88.2 Å². The fraction of sp³-hybridized carbons (Fsp3) is 0.125. The molecule has 0 saturated heterocycles. The molecule has 68 valence electrons. The molecule has 0 aliphatic heterocycles. The van der Waals surface area contributed by atoms with Gasteiger partial charge in [-0.2, -0.15) is 0 Å². The van der Waals surface area contributed by atoms with Crippen molar-refractivity contribution in [2.45, 2.75) is 4.90 Å². The number of imidazole rings is 1. The smallest absolute Gasteiger partial charge is 0.198 e. The molecule has 1 heterocycles. The predicted molar refractivity (Wildman–Crippen MR) is 60.0 cm³/mol. The molecule has 5 heteroatoms. The standard InChI is InChI=1S/C8H8BrN3S/c1-13-7-3-6-5(2-4(7)9)11-8(10)12-6/h2-3H,1H3,(H3,10,11,12). The normalized spacial score (nSPS) is 10.9. The van der Waals surface area contributed by atoms with E-state index in [-0.39, 0.29) is 0 Å². The predicted octanol–water partition coefficient (Wildman–Crippen LogP) is 2.63. The van der Waals surface area contributed by atoms with E-state index < -0.39 is 0 Å². The van der Waals surface area contributed by atoms with E-state index in [0.29, 0.717) is 5.95 Å². The van der Waals surface area contributed by atoms with Crippen molar-refractivity contribution in [1.82, 2.24) is 9.97 Å². The van der Waals surface area contributed by atoms with E-state index in [0.717, 1.165) is 15.5 Å². The van der Waals surface area contributed by atoms with Crippen LogP contribution in [0.5, 0.6) is 0 Å². The van der Waals surface area contributed by atoms with Crippen LogP contribution in [0.15, 0.2) is 21.5 Å². The van der Waals surface area contributed by atoms with Gasteiger partial charge >= 0.3 is 0 Å². The van der Waals surface area contributed by atoms with Gasteiger partial charge in [0.25, 0.3) is 0 Å². The fourth-order valence-electron chi connectivity index (χ4n) is 1.19. The number of nitrogen functional groups attached to an aromatic ring is 1. The molecule has 3 N–H and O–H groups in total. The lowest BCUT2D eigenvalue weighted by Gasteiger charge is -1.98. The quantitative estimate of drug-likeness (QED) is 0.773. The molecule has 13 heavy (non-hydrogen) atoms. The van der Waals surface area contributed by atoms with Gasteiger partial charge in [-0.25, -0.2) is 4.98 Å². The Morgan fingerprint density at radius 3 is 3.00 bits per heavy atom. The minimum absolute atomic E-state index is 0.458. The van der Waals surface area contributed by atoms with Crippen LogP contribution in [0.4, 0.5) is 5.95 Å². The molecule has 1 aromatic heterocycles. The second-order valence-electron chi connectivity index (χ2n) is 2.63. The van der Waals surface area contributed by atoms with Crippen LogP contribution in [0.3, 0.4) is 0 Å². The molecule has 1 aromatic carbocycles. The summed E-state index contributed by atoms with van der Waals surface area (Å²) in [6.07, 6.45) is 2.03. The molecule has 0 aliphatic carbocycles. The van der Waals surface area contributed by atoms with E-state index in [1.165, 1.54) is 4.90 Å². The maximum absolute atomic E-state index is 5.54. The molecule has 0 spiro atoms. The van der Waals surface area contributed by atoms with Crippen molar-refractivity contribution in [2.75, 3.05) is 12.0 Å². The van der Waals surface area contributed by atoms with Gasteiger partial charge in [-0.1, -0.05) is 0 Å². The highest BCUT2D eigenvalue weighted by molar-refractivity contribution is 9.10. The van der Waals surface area contributed by atoms with Gasteiger partial charge in [0.2, 0.25) is 0 Å². The van der Waals surface area contributed by atoms with Gasteiger partial charge < -0.3 is 10.7 Å². The Kier molecular flexibility index (Phi) is 2.21. The van der Waals surface area contributed by atoms with Crippen molar-refractivity contribution in [3.05, 3.63) is 16.6 Å². The molecule has 2 rings (SSSR count). The maximum atomic E-state index is 5.54. The highest BCUT2D eigenvalue weighted by atomic mass is 79.9. The van der Waals surface area contributed by atoms with Gasteiger partial charge in [-0.3, -0.25) is 0 Å². The number of aromatic amines is 1. The van der Waals surface area contributed by atoms with Crippen molar-refractivity contribution in [1.29, 1.82) is 0 Å². The zero-order chi connectivity index (χ0) is 9.42. The number of fused-ring (bicyclic) bond motifs is 1. The van der Waals surface area contributed by atoms with Gasteiger partial charge in [-0.05, 0) is 34.3 Å². The summed E-state index contributed by atoms with van der Waals surface area (Å²) in [6.45, 7) is 0. The Balaban J connectivity index is 2.72. The third-order valence-electron chi connectivity index (χ3n) is 1.77. The number of thioether (sulfide) groups is 1. The number of benzene rings is 1. The van der Waals surface area contributed by atoms with Crippen LogP contribution in [0.25, 0.3) is 11.0 Å². The summed E-state index contributed by atoms with van der Waals surface area (Å²) in [6, 6.07) is 4.00. The number of anilines is 1.